The Balaban J connectivity index is 1.63. The van der Waals surface area contributed by atoms with Gasteiger partial charge in [0.15, 0.2) is 0 Å². The predicted molar refractivity (Wildman–Crippen MR) is 84.5 cm³/mol. The summed E-state index contributed by atoms with van der Waals surface area (Å²) in [7, 11) is 0. The van der Waals surface area contributed by atoms with Crippen LogP contribution in [0.4, 0.5) is 0 Å². The lowest BCUT2D eigenvalue weighted by Gasteiger charge is -2.32. The van der Waals surface area contributed by atoms with Crippen LogP contribution in [0.3, 0.4) is 0 Å². The van der Waals surface area contributed by atoms with Crippen LogP contribution in [-0.2, 0) is 13.0 Å². The predicted octanol–water partition coefficient (Wildman–Crippen LogP) is 2.39. The van der Waals surface area contributed by atoms with Gasteiger partial charge in [0.05, 0.1) is 11.8 Å². The van der Waals surface area contributed by atoms with Crippen LogP contribution in [0.1, 0.15) is 35.7 Å². The van der Waals surface area contributed by atoms with Crippen molar-refractivity contribution in [2.45, 2.75) is 32.7 Å². The van der Waals surface area contributed by atoms with E-state index in [0.717, 1.165) is 32.5 Å². The molecule has 1 aliphatic heterocycles. The van der Waals surface area contributed by atoms with Crippen molar-refractivity contribution < 1.29 is 4.79 Å². The highest BCUT2D eigenvalue weighted by Crippen LogP contribution is 2.22. The highest BCUT2D eigenvalue weighted by Gasteiger charge is 2.25. The van der Waals surface area contributed by atoms with E-state index in [-0.39, 0.29) is 5.91 Å². The SMILES string of the molecule is CCn1cc(C(=O)N2CCCC(Cc3cccnc3)C2)cn1. The molecule has 116 valence electrons. The third-order valence-electron chi connectivity index (χ3n) is 4.26. The minimum atomic E-state index is 0.107. The molecule has 5 heteroatoms. The highest BCUT2D eigenvalue weighted by atomic mass is 16.2. The Morgan fingerprint density at radius 3 is 3.05 bits per heavy atom. The maximum absolute atomic E-state index is 12.6. The number of hydrogen-bond acceptors (Lipinski definition) is 3. The first-order valence-corrected chi connectivity index (χ1v) is 7.97. The molecule has 22 heavy (non-hydrogen) atoms. The van der Waals surface area contributed by atoms with E-state index in [4.69, 9.17) is 0 Å². The lowest BCUT2D eigenvalue weighted by Crippen LogP contribution is -2.40. The Morgan fingerprint density at radius 1 is 1.41 bits per heavy atom. The minimum Gasteiger partial charge on any atom is -0.338 e. The summed E-state index contributed by atoms with van der Waals surface area (Å²) >= 11 is 0. The number of carbonyl (C=O) groups excluding carboxylic acids is 1. The fraction of sp³-hybridized carbons (Fsp3) is 0.471. The van der Waals surface area contributed by atoms with Gasteiger partial charge in [-0.25, -0.2) is 0 Å². The Kier molecular flexibility index (Phi) is 4.51. The molecule has 0 radical (unpaired) electrons. The van der Waals surface area contributed by atoms with Crippen LogP contribution in [0, 0.1) is 5.92 Å². The fourth-order valence-corrected chi connectivity index (χ4v) is 3.10. The zero-order valence-corrected chi connectivity index (χ0v) is 13.0. The van der Waals surface area contributed by atoms with Gasteiger partial charge in [0.25, 0.3) is 5.91 Å². The number of nitrogens with zero attached hydrogens (tertiary/aromatic N) is 4. The van der Waals surface area contributed by atoms with Crippen molar-refractivity contribution >= 4 is 5.91 Å². The first-order chi connectivity index (χ1) is 10.8. The van der Waals surface area contributed by atoms with Crippen molar-refractivity contribution in [2.24, 2.45) is 5.92 Å². The van der Waals surface area contributed by atoms with Gasteiger partial charge in [-0.15, -0.1) is 0 Å². The maximum atomic E-state index is 12.6. The standard InChI is InChI=1S/C17H22N4O/c1-2-21-13-16(11-19-21)17(22)20-8-4-6-15(12-20)9-14-5-3-7-18-10-14/h3,5,7,10-11,13,15H,2,4,6,8-9,12H2,1H3. The molecule has 1 amide bonds. The second-order valence-electron chi connectivity index (χ2n) is 5.91. The molecular formula is C17H22N4O. The lowest BCUT2D eigenvalue weighted by atomic mass is 9.91. The molecule has 3 rings (SSSR count). The fourth-order valence-electron chi connectivity index (χ4n) is 3.10. The van der Waals surface area contributed by atoms with Crippen LogP contribution in [0.5, 0.6) is 0 Å². The van der Waals surface area contributed by atoms with Crippen molar-refractivity contribution in [2.75, 3.05) is 13.1 Å². The number of aromatic nitrogens is 3. The summed E-state index contributed by atoms with van der Waals surface area (Å²) in [6, 6.07) is 4.08. The molecule has 1 saturated heterocycles. The molecule has 1 fully saturated rings. The van der Waals surface area contributed by atoms with E-state index < -0.39 is 0 Å². The molecule has 1 atom stereocenters. The Hall–Kier alpha value is -2.17. The molecule has 0 saturated carbocycles. The molecule has 1 unspecified atom stereocenters. The van der Waals surface area contributed by atoms with Gasteiger partial charge in [-0.3, -0.25) is 14.5 Å². The minimum absolute atomic E-state index is 0.107. The smallest absolute Gasteiger partial charge is 0.257 e. The molecule has 0 N–H and O–H groups in total. The Bertz CT molecular complexity index is 623. The van der Waals surface area contributed by atoms with E-state index in [9.17, 15) is 4.79 Å². The largest absolute Gasteiger partial charge is 0.338 e. The van der Waals surface area contributed by atoms with Crippen molar-refractivity contribution in [3.8, 4) is 0 Å². The number of aryl methyl sites for hydroxylation is 1. The number of rotatable bonds is 4. The number of amides is 1. The molecule has 0 spiro atoms. The average Bonchev–Trinajstić information content (AvgIpc) is 3.04. The maximum Gasteiger partial charge on any atom is 0.257 e. The van der Waals surface area contributed by atoms with E-state index in [1.165, 1.54) is 12.0 Å². The van der Waals surface area contributed by atoms with Crippen LogP contribution in [0.25, 0.3) is 0 Å². The van der Waals surface area contributed by atoms with Gasteiger partial charge in [0.2, 0.25) is 0 Å². The molecule has 0 bridgehead atoms. The van der Waals surface area contributed by atoms with Gasteiger partial charge in [-0.05, 0) is 43.7 Å². The summed E-state index contributed by atoms with van der Waals surface area (Å²) in [6.07, 6.45) is 10.5. The summed E-state index contributed by atoms with van der Waals surface area (Å²) < 4.78 is 1.80. The molecule has 2 aromatic rings. The summed E-state index contributed by atoms with van der Waals surface area (Å²) in [6.45, 7) is 4.48. The zero-order valence-electron chi connectivity index (χ0n) is 13.0. The van der Waals surface area contributed by atoms with Crippen molar-refractivity contribution in [1.29, 1.82) is 0 Å². The number of carbonyl (C=O) groups is 1. The Morgan fingerprint density at radius 2 is 2.32 bits per heavy atom. The van der Waals surface area contributed by atoms with Crippen LogP contribution < -0.4 is 0 Å². The van der Waals surface area contributed by atoms with Gasteiger partial charge >= 0.3 is 0 Å². The summed E-state index contributed by atoms with van der Waals surface area (Å²) in [4.78, 5) is 18.7. The summed E-state index contributed by atoms with van der Waals surface area (Å²) in [5.74, 6) is 0.624. The number of pyridine rings is 1. The van der Waals surface area contributed by atoms with Gasteiger partial charge in [-0.1, -0.05) is 6.07 Å². The van der Waals surface area contributed by atoms with Crippen LogP contribution >= 0.6 is 0 Å². The van der Waals surface area contributed by atoms with E-state index >= 15 is 0 Å². The number of piperidine rings is 1. The lowest BCUT2D eigenvalue weighted by molar-refractivity contribution is 0.0673. The monoisotopic (exact) mass is 298 g/mol. The van der Waals surface area contributed by atoms with Gasteiger partial charge in [-0.2, -0.15) is 5.10 Å². The molecule has 0 aromatic carbocycles. The van der Waals surface area contributed by atoms with Crippen LogP contribution in [-0.4, -0.2) is 38.7 Å². The van der Waals surface area contributed by atoms with E-state index in [1.54, 1.807) is 17.1 Å². The van der Waals surface area contributed by atoms with E-state index in [0.29, 0.717) is 11.5 Å². The second-order valence-corrected chi connectivity index (χ2v) is 5.91. The summed E-state index contributed by atoms with van der Waals surface area (Å²) in [5, 5.41) is 4.20. The third kappa shape index (κ3) is 3.35. The number of hydrogen-bond donors (Lipinski definition) is 0. The first kappa shape index (κ1) is 14.8. The summed E-state index contributed by atoms with van der Waals surface area (Å²) in [5.41, 5.74) is 1.95. The second kappa shape index (κ2) is 6.73. The van der Waals surface area contributed by atoms with Gasteiger partial charge < -0.3 is 4.90 Å². The van der Waals surface area contributed by atoms with Gasteiger partial charge in [0, 0.05) is 38.2 Å². The molecule has 5 nitrogen and oxygen atoms in total. The topological polar surface area (TPSA) is 51.0 Å². The van der Waals surface area contributed by atoms with Crippen molar-refractivity contribution in [3.63, 3.8) is 0 Å². The first-order valence-electron chi connectivity index (χ1n) is 7.97. The molecule has 0 aliphatic carbocycles. The molecule has 3 heterocycles. The average molecular weight is 298 g/mol. The van der Waals surface area contributed by atoms with Crippen molar-refractivity contribution in [3.05, 3.63) is 48.0 Å². The zero-order chi connectivity index (χ0) is 15.4. The van der Waals surface area contributed by atoms with Crippen molar-refractivity contribution in [1.82, 2.24) is 19.7 Å². The van der Waals surface area contributed by atoms with Crippen LogP contribution in [0.15, 0.2) is 36.9 Å². The molecular weight excluding hydrogens is 276 g/mol. The van der Waals surface area contributed by atoms with E-state index in [2.05, 4.69) is 16.1 Å². The van der Waals surface area contributed by atoms with Crippen LogP contribution in [0.2, 0.25) is 0 Å². The number of likely N-dealkylation sites (tertiary alicyclic amines) is 1. The van der Waals surface area contributed by atoms with E-state index in [1.807, 2.05) is 30.3 Å². The quantitative estimate of drug-likeness (QED) is 0.871. The third-order valence-corrected chi connectivity index (χ3v) is 4.26. The highest BCUT2D eigenvalue weighted by molar-refractivity contribution is 5.93. The molecule has 1 aliphatic rings. The Labute approximate surface area is 131 Å². The molecule has 2 aromatic heterocycles. The normalized spacial score (nSPS) is 18.4. The van der Waals surface area contributed by atoms with Gasteiger partial charge in [0.1, 0.15) is 0 Å².